The third-order valence-corrected chi connectivity index (χ3v) is 9.29. The van der Waals surface area contributed by atoms with Crippen LogP contribution in [0.5, 0.6) is 0 Å². The molecular formula is C34H68O7. The third kappa shape index (κ3) is 17.0. The zero-order chi connectivity index (χ0) is 30.3. The lowest BCUT2D eigenvalue weighted by molar-refractivity contribution is -0.467. The van der Waals surface area contributed by atoms with E-state index < -0.39 is 29.9 Å². The summed E-state index contributed by atoms with van der Waals surface area (Å²) >= 11 is 0. The Hall–Kier alpha value is -0.280. The van der Waals surface area contributed by atoms with E-state index in [4.69, 9.17) is 0 Å². The van der Waals surface area contributed by atoms with Crippen LogP contribution in [0, 0.1) is 0 Å². The molecule has 0 saturated heterocycles. The predicted octanol–water partition coefficient (Wildman–Crippen LogP) is 7.11. The monoisotopic (exact) mass is 588 g/mol. The molecule has 0 spiro atoms. The van der Waals surface area contributed by atoms with Crippen LogP contribution >= 0.6 is 0 Å². The summed E-state index contributed by atoms with van der Waals surface area (Å²) < 4.78 is 0. The van der Waals surface area contributed by atoms with E-state index >= 15 is 0 Å². The Morgan fingerprint density at radius 2 is 0.537 bits per heavy atom. The van der Waals surface area contributed by atoms with Gasteiger partial charge in [0.1, 0.15) is 6.10 Å². The maximum Gasteiger partial charge on any atom is 0.276 e. The van der Waals surface area contributed by atoms with Crippen LogP contribution in [0.25, 0.3) is 0 Å². The molecule has 1 rings (SSSR count). The minimum Gasteiger partial charge on any atom is -0.387 e. The van der Waals surface area contributed by atoms with E-state index in [1.54, 1.807) is 0 Å². The van der Waals surface area contributed by atoms with Gasteiger partial charge in [-0.05, 0) is 12.8 Å². The number of rotatable bonds is 0. The maximum atomic E-state index is 10.3. The Balaban J connectivity index is 2.42. The van der Waals surface area contributed by atoms with E-state index in [0.29, 0.717) is 19.3 Å². The van der Waals surface area contributed by atoms with E-state index in [1.807, 2.05) is 0 Å². The SMILES string of the molecule is OC1CCCCCCCCCCCCCCCCCCCCCCCCCCCCCCC(O)(O)C(O)(O)C1(O)O. The van der Waals surface area contributed by atoms with Gasteiger partial charge in [-0.25, -0.2) is 0 Å². The molecule has 1 unspecified atom stereocenters. The van der Waals surface area contributed by atoms with E-state index in [9.17, 15) is 35.7 Å². The van der Waals surface area contributed by atoms with E-state index in [2.05, 4.69) is 0 Å². The van der Waals surface area contributed by atoms with Gasteiger partial charge in [-0.2, -0.15) is 0 Å². The first-order chi connectivity index (χ1) is 19.6. The first kappa shape index (κ1) is 38.7. The molecule has 0 amide bonds. The summed E-state index contributed by atoms with van der Waals surface area (Å²) in [6, 6.07) is 0. The number of aliphatic hydroxyl groups is 7. The van der Waals surface area contributed by atoms with Gasteiger partial charge >= 0.3 is 0 Å². The molecule has 0 aliphatic heterocycles. The highest BCUT2D eigenvalue weighted by atomic mass is 16.7. The fourth-order valence-corrected chi connectivity index (χ4v) is 6.21. The molecule has 0 aromatic heterocycles. The van der Waals surface area contributed by atoms with Crippen LogP contribution in [-0.2, 0) is 0 Å². The van der Waals surface area contributed by atoms with Gasteiger partial charge in [-0.3, -0.25) is 0 Å². The van der Waals surface area contributed by atoms with Gasteiger partial charge in [-0.15, -0.1) is 0 Å². The summed E-state index contributed by atoms with van der Waals surface area (Å²) in [7, 11) is 0. The molecule has 1 aliphatic carbocycles. The van der Waals surface area contributed by atoms with Gasteiger partial charge in [0, 0.05) is 6.42 Å². The van der Waals surface area contributed by atoms with Crippen LogP contribution in [-0.4, -0.2) is 59.2 Å². The van der Waals surface area contributed by atoms with Crippen molar-refractivity contribution in [2.24, 2.45) is 0 Å². The van der Waals surface area contributed by atoms with Crippen LogP contribution in [0.1, 0.15) is 193 Å². The average molecular weight is 589 g/mol. The molecule has 7 N–H and O–H groups in total. The normalized spacial score (nSPS) is 27.7. The minimum absolute atomic E-state index is 0.0774. The van der Waals surface area contributed by atoms with Crippen molar-refractivity contribution in [2.75, 3.05) is 0 Å². The predicted molar refractivity (Wildman–Crippen MR) is 166 cm³/mol. The smallest absolute Gasteiger partial charge is 0.276 e. The molecule has 0 aromatic rings. The lowest BCUT2D eigenvalue weighted by atomic mass is 9.86. The summed E-state index contributed by atoms with van der Waals surface area (Å²) in [6.07, 6.45) is 30.1. The zero-order valence-electron chi connectivity index (χ0n) is 26.4. The van der Waals surface area contributed by atoms with Gasteiger partial charge in [0.25, 0.3) is 11.6 Å². The highest BCUT2D eigenvalue weighted by molar-refractivity contribution is 4.97. The van der Waals surface area contributed by atoms with Crippen LogP contribution in [0.3, 0.4) is 0 Å². The van der Waals surface area contributed by atoms with Crippen LogP contribution < -0.4 is 0 Å². The highest BCUT2D eigenvalue weighted by Gasteiger charge is 2.63. The fourth-order valence-electron chi connectivity index (χ4n) is 6.21. The lowest BCUT2D eigenvalue weighted by Gasteiger charge is -2.44. The van der Waals surface area contributed by atoms with Gasteiger partial charge in [0.05, 0.1) is 0 Å². The molecular weight excluding hydrogens is 520 g/mol. The van der Waals surface area contributed by atoms with Crippen molar-refractivity contribution in [1.82, 2.24) is 0 Å². The maximum absolute atomic E-state index is 10.3. The van der Waals surface area contributed by atoms with E-state index in [1.165, 1.54) is 122 Å². The second-order valence-corrected chi connectivity index (χ2v) is 13.2. The molecule has 41 heavy (non-hydrogen) atoms. The Morgan fingerprint density at radius 1 is 0.317 bits per heavy atom. The standard InChI is InChI=1S/C34H68O7/c35-31-29-27-25-23-21-19-17-15-13-11-9-7-5-3-1-2-4-6-8-10-12-14-16-18-20-22-24-26-28-30-32(36,37)34(40,41)33(31,38)39/h31,35-41H,1-30H2. The Kier molecular flexibility index (Phi) is 21.9. The van der Waals surface area contributed by atoms with Crippen molar-refractivity contribution in [3.8, 4) is 0 Å². The summed E-state index contributed by atoms with van der Waals surface area (Å²) in [5, 5.41) is 72.3. The molecule has 1 aliphatic rings. The molecule has 0 bridgehead atoms. The van der Waals surface area contributed by atoms with Crippen LogP contribution in [0.15, 0.2) is 0 Å². The molecule has 0 aromatic carbocycles. The molecule has 7 heteroatoms. The zero-order valence-corrected chi connectivity index (χ0v) is 26.4. The van der Waals surface area contributed by atoms with E-state index in [-0.39, 0.29) is 6.42 Å². The Morgan fingerprint density at radius 3 is 0.805 bits per heavy atom. The molecule has 1 atom stereocenters. The molecule has 246 valence electrons. The van der Waals surface area contributed by atoms with Crippen molar-refractivity contribution in [2.45, 2.75) is 216 Å². The van der Waals surface area contributed by atoms with Crippen molar-refractivity contribution < 1.29 is 35.7 Å². The van der Waals surface area contributed by atoms with Crippen LogP contribution in [0.4, 0.5) is 0 Å². The molecule has 1 saturated carbocycles. The Labute approximate surface area is 251 Å². The number of aliphatic hydroxyl groups excluding tert-OH is 1. The topological polar surface area (TPSA) is 142 Å². The highest BCUT2D eigenvalue weighted by Crippen LogP contribution is 2.35. The largest absolute Gasteiger partial charge is 0.387 e. The molecule has 7 nitrogen and oxygen atoms in total. The number of hydrogen-bond donors (Lipinski definition) is 7. The molecule has 1 fully saturated rings. The number of hydrogen-bond acceptors (Lipinski definition) is 7. The second-order valence-electron chi connectivity index (χ2n) is 13.2. The summed E-state index contributed by atoms with van der Waals surface area (Å²) in [5.74, 6) is -10.3. The van der Waals surface area contributed by atoms with Crippen molar-refractivity contribution in [3.05, 3.63) is 0 Å². The first-order valence-corrected chi connectivity index (χ1v) is 17.7. The van der Waals surface area contributed by atoms with Gasteiger partial charge in [-0.1, -0.05) is 173 Å². The first-order valence-electron chi connectivity index (χ1n) is 17.7. The lowest BCUT2D eigenvalue weighted by Crippen LogP contribution is -2.72. The summed E-state index contributed by atoms with van der Waals surface area (Å²) in [6.45, 7) is 0. The van der Waals surface area contributed by atoms with Crippen LogP contribution in [0.2, 0.25) is 0 Å². The fraction of sp³-hybridized carbons (Fsp3) is 1.00. The minimum atomic E-state index is -3.68. The van der Waals surface area contributed by atoms with E-state index in [0.717, 1.165) is 38.5 Å². The van der Waals surface area contributed by atoms with Gasteiger partial charge in [0.2, 0.25) is 5.79 Å². The summed E-state index contributed by atoms with van der Waals surface area (Å²) in [5.41, 5.74) is 0. The second kappa shape index (κ2) is 23.1. The average Bonchev–Trinajstić information content (AvgIpc) is 2.93. The molecule has 0 radical (unpaired) electrons. The van der Waals surface area contributed by atoms with Gasteiger partial charge < -0.3 is 35.7 Å². The van der Waals surface area contributed by atoms with Crippen molar-refractivity contribution in [1.29, 1.82) is 0 Å². The molecule has 0 heterocycles. The van der Waals surface area contributed by atoms with Gasteiger partial charge in [0.15, 0.2) is 0 Å². The van der Waals surface area contributed by atoms with Crippen molar-refractivity contribution in [3.63, 3.8) is 0 Å². The quantitative estimate of drug-likeness (QED) is 0.150. The Bertz CT molecular complexity index is 594. The summed E-state index contributed by atoms with van der Waals surface area (Å²) in [4.78, 5) is 0. The van der Waals surface area contributed by atoms with Crippen molar-refractivity contribution >= 4 is 0 Å². The third-order valence-electron chi connectivity index (χ3n) is 9.29.